The molecule has 0 aliphatic heterocycles. The summed E-state index contributed by atoms with van der Waals surface area (Å²) in [5.74, 6) is 1.95. The molecular weight excluding hydrogens is 687 g/mol. The standard InChI is InChI=1S/C51H31N3S/c1-2-13-32(14-3-1)33-25-27-35(28-26-33)49-52-50(44-23-12-22-43-41-21-10-11-24-46(41)55-48(43)44)54-51(53-49)47-38-18-7-4-15-34(38)29-30-42(47)45-31-36-16-5-6-17-37(36)39-19-8-9-20-40(39)45/h1-31H. The molecular formula is C51H31N3S. The molecule has 9 aromatic carbocycles. The van der Waals surface area contributed by atoms with Crippen molar-refractivity contribution in [1.29, 1.82) is 0 Å². The molecule has 0 saturated carbocycles. The molecule has 0 aliphatic carbocycles. The van der Waals surface area contributed by atoms with Crippen LogP contribution in [-0.2, 0) is 0 Å². The van der Waals surface area contributed by atoms with Gasteiger partial charge in [0.05, 0.1) is 0 Å². The summed E-state index contributed by atoms with van der Waals surface area (Å²) in [6.07, 6.45) is 0. The highest BCUT2D eigenvalue weighted by atomic mass is 32.1. The third kappa shape index (κ3) is 5.30. The lowest BCUT2D eigenvalue weighted by atomic mass is 9.88. The van der Waals surface area contributed by atoms with E-state index in [1.807, 2.05) is 6.07 Å². The lowest BCUT2D eigenvalue weighted by Crippen LogP contribution is -2.02. The first kappa shape index (κ1) is 31.5. The Morgan fingerprint density at radius 2 is 0.909 bits per heavy atom. The lowest BCUT2D eigenvalue weighted by Gasteiger charge is -2.17. The van der Waals surface area contributed by atoms with Gasteiger partial charge in [-0.3, -0.25) is 0 Å². The van der Waals surface area contributed by atoms with E-state index in [0.717, 1.165) is 44.2 Å². The zero-order valence-electron chi connectivity index (χ0n) is 29.6. The molecule has 11 aromatic rings. The monoisotopic (exact) mass is 717 g/mol. The minimum absolute atomic E-state index is 0.639. The second kappa shape index (κ2) is 12.8. The van der Waals surface area contributed by atoms with Crippen molar-refractivity contribution in [1.82, 2.24) is 15.0 Å². The molecule has 0 unspecified atom stereocenters. The maximum absolute atomic E-state index is 5.45. The fraction of sp³-hybridized carbons (Fsp3) is 0. The van der Waals surface area contributed by atoms with E-state index in [4.69, 9.17) is 15.0 Å². The number of hydrogen-bond donors (Lipinski definition) is 0. The molecule has 0 aliphatic rings. The minimum Gasteiger partial charge on any atom is -0.208 e. The molecule has 2 heterocycles. The van der Waals surface area contributed by atoms with Crippen molar-refractivity contribution in [3.05, 3.63) is 188 Å². The zero-order chi connectivity index (χ0) is 36.3. The average Bonchev–Trinajstić information content (AvgIpc) is 3.65. The Morgan fingerprint density at radius 3 is 1.75 bits per heavy atom. The fourth-order valence-corrected chi connectivity index (χ4v) is 9.33. The second-order valence-electron chi connectivity index (χ2n) is 13.9. The van der Waals surface area contributed by atoms with Gasteiger partial charge in [0.25, 0.3) is 0 Å². The number of fused-ring (bicyclic) bond motifs is 7. The summed E-state index contributed by atoms with van der Waals surface area (Å²) in [6, 6.07) is 66.9. The van der Waals surface area contributed by atoms with Crippen LogP contribution in [0, 0.1) is 0 Å². The summed E-state index contributed by atoms with van der Waals surface area (Å²) in [7, 11) is 0. The molecule has 0 saturated heterocycles. The molecule has 0 atom stereocenters. The molecule has 3 nitrogen and oxygen atoms in total. The van der Waals surface area contributed by atoms with Crippen LogP contribution in [0.15, 0.2) is 188 Å². The van der Waals surface area contributed by atoms with Gasteiger partial charge in [-0.25, -0.2) is 15.0 Å². The van der Waals surface area contributed by atoms with Crippen LogP contribution >= 0.6 is 11.3 Å². The maximum atomic E-state index is 5.45. The summed E-state index contributed by atoms with van der Waals surface area (Å²) in [5, 5.41) is 9.54. The van der Waals surface area contributed by atoms with Crippen LogP contribution in [0.3, 0.4) is 0 Å². The smallest absolute Gasteiger partial charge is 0.165 e. The van der Waals surface area contributed by atoms with Gasteiger partial charge in [-0.05, 0) is 72.8 Å². The Balaban J connectivity index is 1.21. The highest BCUT2D eigenvalue weighted by Crippen LogP contribution is 2.44. The van der Waals surface area contributed by atoms with Crippen molar-refractivity contribution in [2.24, 2.45) is 0 Å². The SMILES string of the molecule is c1ccc(-c2ccc(-c3nc(-c4c(-c5cc6ccccc6c6ccccc56)ccc5ccccc45)nc(-c4cccc5c4sc4ccccc45)n3)cc2)cc1. The van der Waals surface area contributed by atoms with Crippen molar-refractivity contribution >= 4 is 63.8 Å². The largest absolute Gasteiger partial charge is 0.208 e. The predicted molar refractivity (Wildman–Crippen MR) is 232 cm³/mol. The number of nitrogens with zero attached hydrogens (tertiary/aromatic N) is 3. The van der Waals surface area contributed by atoms with Gasteiger partial charge in [0.15, 0.2) is 17.5 Å². The summed E-state index contributed by atoms with van der Waals surface area (Å²) >= 11 is 1.79. The van der Waals surface area contributed by atoms with Gasteiger partial charge in [0.2, 0.25) is 0 Å². The molecule has 0 radical (unpaired) electrons. The minimum atomic E-state index is 0.639. The van der Waals surface area contributed by atoms with Crippen molar-refractivity contribution in [3.63, 3.8) is 0 Å². The molecule has 256 valence electrons. The van der Waals surface area contributed by atoms with Gasteiger partial charge in [0.1, 0.15) is 0 Å². The van der Waals surface area contributed by atoms with Crippen LogP contribution in [-0.4, -0.2) is 15.0 Å². The summed E-state index contributed by atoms with van der Waals surface area (Å²) in [6.45, 7) is 0. The number of thiophene rings is 1. The Labute approximate surface area is 321 Å². The molecule has 55 heavy (non-hydrogen) atoms. The summed E-state index contributed by atoms with van der Waals surface area (Å²) < 4.78 is 2.42. The zero-order valence-corrected chi connectivity index (χ0v) is 30.5. The highest BCUT2D eigenvalue weighted by molar-refractivity contribution is 7.26. The number of benzene rings is 9. The van der Waals surface area contributed by atoms with Gasteiger partial charge in [0, 0.05) is 36.9 Å². The average molecular weight is 718 g/mol. The molecule has 0 amide bonds. The molecule has 0 bridgehead atoms. The molecule has 2 aromatic heterocycles. The first-order chi connectivity index (χ1) is 27.3. The highest BCUT2D eigenvalue weighted by Gasteiger charge is 2.22. The Morgan fingerprint density at radius 1 is 0.309 bits per heavy atom. The normalized spacial score (nSPS) is 11.6. The van der Waals surface area contributed by atoms with Crippen LogP contribution < -0.4 is 0 Å². The summed E-state index contributed by atoms with van der Waals surface area (Å²) in [5.41, 5.74) is 7.49. The topological polar surface area (TPSA) is 38.7 Å². The van der Waals surface area contributed by atoms with Crippen LogP contribution in [0.2, 0.25) is 0 Å². The van der Waals surface area contributed by atoms with Crippen molar-refractivity contribution < 1.29 is 0 Å². The van der Waals surface area contributed by atoms with Crippen LogP contribution in [0.5, 0.6) is 0 Å². The van der Waals surface area contributed by atoms with Crippen molar-refractivity contribution in [2.45, 2.75) is 0 Å². The van der Waals surface area contributed by atoms with E-state index in [0.29, 0.717) is 17.5 Å². The third-order valence-electron chi connectivity index (χ3n) is 10.7. The van der Waals surface area contributed by atoms with E-state index in [1.165, 1.54) is 47.3 Å². The van der Waals surface area contributed by atoms with Crippen molar-refractivity contribution in [3.8, 4) is 56.4 Å². The van der Waals surface area contributed by atoms with E-state index in [1.54, 1.807) is 11.3 Å². The van der Waals surface area contributed by atoms with E-state index in [9.17, 15) is 0 Å². The van der Waals surface area contributed by atoms with Crippen LogP contribution in [0.25, 0.3) is 109 Å². The summed E-state index contributed by atoms with van der Waals surface area (Å²) in [4.78, 5) is 16.1. The number of aromatic nitrogens is 3. The number of rotatable bonds is 5. The molecule has 0 fully saturated rings. The molecule has 11 rings (SSSR count). The van der Waals surface area contributed by atoms with Gasteiger partial charge < -0.3 is 0 Å². The van der Waals surface area contributed by atoms with Gasteiger partial charge in [-0.2, -0.15) is 0 Å². The molecule has 0 spiro atoms. The Bertz CT molecular complexity index is 3260. The van der Waals surface area contributed by atoms with Gasteiger partial charge in [-0.1, -0.05) is 170 Å². The fourth-order valence-electron chi connectivity index (χ4n) is 8.12. The maximum Gasteiger partial charge on any atom is 0.165 e. The first-order valence-corrected chi connectivity index (χ1v) is 19.3. The van der Waals surface area contributed by atoms with Gasteiger partial charge >= 0.3 is 0 Å². The van der Waals surface area contributed by atoms with Crippen LogP contribution in [0.1, 0.15) is 0 Å². The molecule has 0 N–H and O–H groups in total. The second-order valence-corrected chi connectivity index (χ2v) is 15.0. The Hall–Kier alpha value is -7.01. The van der Waals surface area contributed by atoms with Gasteiger partial charge in [-0.15, -0.1) is 11.3 Å². The predicted octanol–water partition coefficient (Wildman–Crippen LogP) is 14.0. The first-order valence-electron chi connectivity index (χ1n) is 18.5. The van der Waals surface area contributed by atoms with E-state index >= 15 is 0 Å². The van der Waals surface area contributed by atoms with E-state index in [-0.39, 0.29) is 0 Å². The lowest BCUT2D eigenvalue weighted by molar-refractivity contribution is 1.08. The van der Waals surface area contributed by atoms with E-state index < -0.39 is 0 Å². The Kier molecular flexibility index (Phi) is 7.35. The quantitative estimate of drug-likeness (QED) is 0.166. The van der Waals surface area contributed by atoms with E-state index in [2.05, 4.69) is 182 Å². The number of hydrogen-bond acceptors (Lipinski definition) is 4. The van der Waals surface area contributed by atoms with Crippen LogP contribution in [0.4, 0.5) is 0 Å². The molecule has 4 heteroatoms. The van der Waals surface area contributed by atoms with Crippen molar-refractivity contribution in [2.75, 3.05) is 0 Å². The third-order valence-corrected chi connectivity index (χ3v) is 12.0.